The lowest BCUT2D eigenvalue weighted by Gasteiger charge is -2.27. The molecule has 6 atom stereocenters. The smallest absolute Gasteiger partial charge is 0.0622 e. The lowest BCUT2D eigenvalue weighted by Crippen LogP contribution is -2.24. The molecule has 0 aromatic rings. The van der Waals surface area contributed by atoms with Crippen molar-refractivity contribution in [3.8, 4) is 0 Å². The molecule has 1 rings (SSSR count). The van der Waals surface area contributed by atoms with Crippen molar-refractivity contribution in [3.63, 3.8) is 0 Å². The average Bonchev–Trinajstić information content (AvgIpc) is 2.65. The average molecular weight is 437 g/mol. The summed E-state index contributed by atoms with van der Waals surface area (Å²) < 4.78 is 0. The van der Waals surface area contributed by atoms with Crippen molar-refractivity contribution in [1.82, 2.24) is 0 Å². The molecule has 0 aliphatic heterocycles. The highest BCUT2D eigenvalue weighted by Gasteiger charge is 2.21. The maximum atomic E-state index is 10.5. The summed E-state index contributed by atoms with van der Waals surface area (Å²) >= 11 is 0. The van der Waals surface area contributed by atoms with Crippen molar-refractivity contribution in [2.24, 2.45) is 11.8 Å². The van der Waals surface area contributed by atoms with Gasteiger partial charge in [0.2, 0.25) is 0 Å². The standard InChI is InChI=1S/C27H49O2P/c1-20(12-8-18-27(6,29)19-9-13-23(4)28)10-7-11-21(2)14-16-25-17-15-22(3)24(5)26(25)30/h12,15,17,21,23-24,26,28-29H,7-11,13-14,16,18-19,30H2,1-6H3/b20-12+. The molecule has 0 saturated heterocycles. The molecule has 0 fully saturated rings. The van der Waals surface area contributed by atoms with Crippen molar-refractivity contribution < 1.29 is 10.2 Å². The zero-order valence-electron chi connectivity index (χ0n) is 20.6. The van der Waals surface area contributed by atoms with E-state index in [2.05, 4.69) is 55.2 Å². The van der Waals surface area contributed by atoms with Crippen molar-refractivity contribution in [1.29, 1.82) is 0 Å². The number of rotatable bonds is 14. The van der Waals surface area contributed by atoms with Gasteiger partial charge in [0.25, 0.3) is 0 Å². The molecule has 0 heterocycles. The van der Waals surface area contributed by atoms with Gasteiger partial charge in [0.1, 0.15) is 0 Å². The zero-order valence-corrected chi connectivity index (χ0v) is 21.7. The van der Waals surface area contributed by atoms with Crippen LogP contribution in [0.4, 0.5) is 0 Å². The molecular weight excluding hydrogens is 387 g/mol. The number of hydrogen-bond acceptors (Lipinski definition) is 2. The van der Waals surface area contributed by atoms with Crippen LogP contribution in [0.1, 0.15) is 106 Å². The van der Waals surface area contributed by atoms with Crippen LogP contribution in [0, 0.1) is 11.8 Å². The van der Waals surface area contributed by atoms with Crippen molar-refractivity contribution in [3.05, 3.63) is 34.9 Å². The second-order valence-electron chi connectivity index (χ2n) is 10.3. The van der Waals surface area contributed by atoms with Gasteiger partial charge in [-0.2, -0.15) is 0 Å². The number of aliphatic hydroxyl groups excluding tert-OH is 1. The van der Waals surface area contributed by atoms with Crippen molar-refractivity contribution in [2.45, 2.75) is 123 Å². The molecule has 0 spiro atoms. The third-order valence-corrected chi connectivity index (χ3v) is 7.96. The van der Waals surface area contributed by atoms with E-state index in [9.17, 15) is 10.2 Å². The predicted molar refractivity (Wildman–Crippen MR) is 136 cm³/mol. The van der Waals surface area contributed by atoms with Gasteiger partial charge in [-0.25, -0.2) is 0 Å². The maximum absolute atomic E-state index is 10.5. The number of aliphatic hydroxyl groups is 2. The third-order valence-electron chi connectivity index (χ3n) is 6.95. The first-order chi connectivity index (χ1) is 14.0. The summed E-state index contributed by atoms with van der Waals surface area (Å²) in [5, 5.41) is 19.8. The van der Waals surface area contributed by atoms with Gasteiger partial charge >= 0.3 is 0 Å². The molecule has 3 heteroatoms. The van der Waals surface area contributed by atoms with E-state index in [-0.39, 0.29) is 6.10 Å². The molecule has 174 valence electrons. The first-order valence-electron chi connectivity index (χ1n) is 12.2. The van der Waals surface area contributed by atoms with E-state index in [0.717, 1.165) is 38.0 Å². The van der Waals surface area contributed by atoms with Crippen LogP contribution in [0.3, 0.4) is 0 Å². The van der Waals surface area contributed by atoms with Crippen LogP contribution in [-0.2, 0) is 0 Å². The van der Waals surface area contributed by atoms with E-state index < -0.39 is 5.60 Å². The first kappa shape index (κ1) is 27.6. The van der Waals surface area contributed by atoms with Crippen LogP contribution < -0.4 is 0 Å². The Bertz CT molecular complexity index is 586. The van der Waals surface area contributed by atoms with Crippen LogP contribution in [0.5, 0.6) is 0 Å². The fourth-order valence-corrected chi connectivity index (χ4v) is 4.86. The highest BCUT2D eigenvalue weighted by atomic mass is 31.0. The summed E-state index contributed by atoms with van der Waals surface area (Å²) in [6, 6.07) is 0. The van der Waals surface area contributed by atoms with E-state index in [1.165, 1.54) is 43.3 Å². The molecule has 30 heavy (non-hydrogen) atoms. The Morgan fingerprint density at radius 3 is 2.53 bits per heavy atom. The molecule has 0 bridgehead atoms. The van der Waals surface area contributed by atoms with Gasteiger partial charge in [-0.3, -0.25) is 0 Å². The third kappa shape index (κ3) is 11.3. The fraction of sp³-hybridized carbons (Fsp3) is 0.778. The number of allylic oxidation sites excluding steroid dienone is 6. The summed E-state index contributed by atoms with van der Waals surface area (Å²) in [7, 11) is 3.06. The Balaban J connectivity index is 2.23. The van der Waals surface area contributed by atoms with Gasteiger partial charge < -0.3 is 10.2 Å². The first-order valence-corrected chi connectivity index (χ1v) is 12.9. The summed E-state index contributed by atoms with van der Waals surface area (Å²) in [5.74, 6) is 1.42. The van der Waals surface area contributed by atoms with Gasteiger partial charge in [0.15, 0.2) is 0 Å². The fourth-order valence-electron chi connectivity index (χ4n) is 4.28. The minimum Gasteiger partial charge on any atom is -0.393 e. The van der Waals surface area contributed by atoms with Gasteiger partial charge in [0, 0.05) is 5.66 Å². The van der Waals surface area contributed by atoms with Crippen molar-refractivity contribution >= 4 is 9.24 Å². The lowest BCUT2D eigenvalue weighted by atomic mass is 9.85. The van der Waals surface area contributed by atoms with E-state index in [1.807, 2.05) is 13.8 Å². The Morgan fingerprint density at radius 2 is 1.87 bits per heavy atom. The molecule has 2 nitrogen and oxygen atoms in total. The quantitative estimate of drug-likeness (QED) is 0.220. The molecular formula is C27H49O2P. The molecule has 2 N–H and O–H groups in total. The monoisotopic (exact) mass is 436 g/mol. The molecule has 6 unspecified atom stereocenters. The number of hydrogen-bond donors (Lipinski definition) is 2. The van der Waals surface area contributed by atoms with Gasteiger partial charge in [-0.05, 0) is 97.3 Å². The summed E-state index contributed by atoms with van der Waals surface area (Å²) in [6.45, 7) is 13.0. The van der Waals surface area contributed by atoms with E-state index in [1.54, 1.807) is 5.57 Å². The van der Waals surface area contributed by atoms with Crippen LogP contribution in [0.15, 0.2) is 34.9 Å². The largest absolute Gasteiger partial charge is 0.393 e. The second kappa shape index (κ2) is 13.9. The van der Waals surface area contributed by atoms with Crippen LogP contribution >= 0.6 is 9.24 Å². The normalized spacial score (nSPS) is 24.1. The molecule has 0 aromatic carbocycles. The van der Waals surface area contributed by atoms with Gasteiger partial charge in [0.05, 0.1) is 11.7 Å². The molecule has 0 amide bonds. The highest BCUT2D eigenvalue weighted by Crippen LogP contribution is 2.34. The Labute approximate surface area is 189 Å². The van der Waals surface area contributed by atoms with E-state index >= 15 is 0 Å². The minimum atomic E-state index is -0.616. The van der Waals surface area contributed by atoms with Crippen LogP contribution in [0.2, 0.25) is 0 Å². The Morgan fingerprint density at radius 1 is 1.17 bits per heavy atom. The van der Waals surface area contributed by atoms with Crippen molar-refractivity contribution in [2.75, 3.05) is 0 Å². The van der Waals surface area contributed by atoms with Crippen LogP contribution in [-0.4, -0.2) is 27.6 Å². The molecule has 1 aliphatic carbocycles. The lowest BCUT2D eigenvalue weighted by molar-refractivity contribution is 0.0368. The SMILES string of the molecule is CC1=CC=C(CCC(C)CCC/C(C)=C/CCC(C)(O)CCCC(C)O)C(P)C1C. The summed E-state index contributed by atoms with van der Waals surface area (Å²) in [4.78, 5) is 0. The molecule has 0 saturated carbocycles. The second-order valence-corrected chi connectivity index (χ2v) is 11.0. The highest BCUT2D eigenvalue weighted by molar-refractivity contribution is 7.18. The minimum absolute atomic E-state index is 0.267. The zero-order chi connectivity index (χ0) is 22.7. The van der Waals surface area contributed by atoms with Gasteiger partial charge in [-0.1, -0.05) is 55.2 Å². The predicted octanol–water partition coefficient (Wildman–Crippen LogP) is 7.37. The Hall–Kier alpha value is -0.430. The summed E-state index contributed by atoms with van der Waals surface area (Å²) in [6.07, 6.45) is 17.1. The Kier molecular flexibility index (Phi) is 12.8. The van der Waals surface area contributed by atoms with E-state index in [4.69, 9.17) is 0 Å². The summed E-state index contributed by atoms with van der Waals surface area (Å²) in [5.41, 5.74) is 4.54. The molecule has 1 aliphatic rings. The van der Waals surface area contributed by atoms with Crippen LogP contribution in [0.25, 0.3) is 0 Å². The van der Waals surface area contributed by atoms with Gasteiger partial charge in [-0.15, -0.1) is 9.24 Å². The topological polar surface area (TPSA) is 40.5 Å². The maximum Gasteiger partial charge on any atom is 0.0622 e. The van der Waals surface area contributed by atoms with E-state index in [0.29, 0.717) is 11.6 Å². The molecule has 0 aromatic heterocycles. The molecule has 0 radical (unpaired) electrons.